The van der Waals surface area contributed by atoms with Crippen LogP contribution in [-0.2, 0) is 27.2 Å². The number of nitrogens with zero attached hydrogens (tertiary/aromatic N) is 4. The predicted molar refractivity (Wildman–Crippen MR) is 139 cm³/mol. The van der Waals surface area contributed by atoms with Crippen LogP contribution in [0, 0.1) is 20.8 Å². The van der Waals surface area contributed by atoms with Crippen molar-refractivity contribution >= 4 is 34.2 Å². The molecule has 3 heterocycles. The van der Waals surface area contributed by atoms with Crippen molar-refractivity contribution in [2.75, 3.05) is 18.5 Å². The minimum Gasteiger partial charge on any atom is -0.462 e. The van der Waals surface area contributed by atoms with E-state index in [0.29, 0.717) is 17.7 Å². The summed E-state index contributed by atoms with van der Waals surface area (Å²) in [5.74, 6) is -1.64. The lowest BCUT2D eigenvalue weighted by Gasteiger charge is -2.14. The SMILES string of the molecule is CCCc1cc(=O)n(CC(=O)Nc2sc(C(=O)OCC)c(C)c2C(=O)OCC)c(-n2nc(C)cc2C)n1. The third-order valence-corrected chi connectivity index (χ3v) is 6.58. The first-order valence-electron chi connectivity index (χ1n) is 12.0. The van der Waals surface area contributed by atoms with Crippen LogP contribution >= 0.6 is 11.3 Å². The highest BCUT2D eigenvalue weighted by atomic mass is 32.1. The zero-order chi connectivity index (χ0) is 27.3. The average molecular weight is 530 g/mol. The summed E-state index contributed by atoms with van der Waals surface area (Å²) in [6.07, 6.45) is 1.40. The van der Waals surface area contributed by atoms with Crippen LogP contribution in [0.25, 0.3) is 5.95 Å². The minimum absolute atomic E-state index is 0.0748. The fourth-order valence-corrected chi connectivity index (χ4v) is 4.92. The second-order valence-electron chi connectivity index (χ2n) is 8.31. The molecule has 1 N–H and O–H groups in total. The van der Waals surface area contributed by atoms with E-state index in [4.69, 9.17) is 9.47 Å². The third kappa shape index (κ3) is 6.13. The van der Waals surface area contributed by atoms with Crippen molar-refractivity contribution in [2.45, 2.75) is 60.9 Å². The summed E-state index contributed by atoms with van der Waals surface area (Å²) in [4.78, 5) is 56.1. The number of esters is 2. The Labute approximate surface area is 218 Å². The number of amides is 1. The van der Waals surface area contributed by atoms with Crippen molar-refractivity contribution in [1.29, 1.82) is 0 Å². The van der Waals surface area contributed by atoms with Crippen molar-refractivity contribution in [3.63, 3.8) is 0 Å². The van der Waals surface area contributed by atoms with E-state index >= 15 is 0 Å². The summed E-state index contributed by atoms with van der Waals surface area (Å²) in [7, 11) is 0. The first-order valence-corrected chi connectivity index (χ1v) is 12.8. The second-order valence-corrected chi connectivity index (χ2v) is 9.33. The van der Waals surface area contributed by atoms with E-state index in [9.17, 15) is 19.2 Å². The summed E-state index contributed by atoms with van der Waals surface area (Å²) in [5, 5.41) is 7.25. The average Bonchev–Trinajstić information content (AvgIpc) is 3.33. The molecule has 0 saturated heterocycles. The molecule has 0 atom stereocenters. The van der Waals surface area contributed by atoms with E-state index in [0.717, 1.165) is 29.1 Å². The molecule has 0 aliphatic carbocycles. The Hall–Kier alpha value is -3.80. The molecule has 0 fully saturated rings. The quantitative estimate of drug-likeness (QED) is 0.395. The van der Waals surface area contributed by atoms with Crippen LogP contribution < -0.4 is 10.9 Å². The predicted octanol–water partition coefficient (Wildman–Crippen LogP) is 3.36. The number of carbonyl (C=O) groups excluding carboxylic acids is 3. The fraction of sp³-hybridized carbons (Fsp3) is 0.440. The molecule has 0 spiro atoms. The standard InChI is InChI=1S/C25H31N5O6S/c1-7-10-17-12-19(32)29(25(26-17)30-15(5)11-14(4)28-30)13-18(31)27-22-20(23(33)35-8-2)16(6)21(37-22)24(34)36-9-3/h11-12H,7-10,13H2,1-6H3,(H,27,31). The maximum absolute atomic E-state index is 13.2. The summed E-state index contributed by atoms with van der Waals surface area (Å²) in [5.41, 5.74) is 2.11. The van der Waals surface area contributed by atoms with Gasteiger partial charge >= 0.3 is 11.9 Å². The molecule has 3 aromatic heterocycles. The van der Waals surface area contributed by atoms with Crippen LogP contribution in [0.5, 0.6) is 0 Å². The van der Waals surface area contributed by atoms with E-state index in [1.54, 1.807) is 20.8 Å². The Morgan fingerprint density at radius 2 is 1.70 bits per heavy atom. The molecule has 0 unspecified atom stereocenters. The fourth-order valence-electron chi connectivity index (χ4n) is 3.82. The van der Waals surface area contributed by atoms with E-state index < -0.39 is 23.4 Å². The molecule has 3 aromatic rings. The summed E-state index contributed by atoms with van der Waals surface area (Å²) < 4.78 is 13.0. The van der Waals surface area contributed by atoms with Crippen molar-refractivity contribution in [1.82, 2.24) is 19.3 Å². The molecule has 0 aliphatic heterocycles. The highest BCUT2D eigenvalue weighted by molar-refractivity contribution is 7.18. The van der Waals surface area contributed by atoms with Gasteiger partial charge < -0.3 is 14.8 Å². The first kappa shape index (κ1) is 27.8. The molecule has 0 saturated carbocycles. The number of carbonyl (C=O) groups is 3. The van der Waals surface area contributed by atoms with Gasteiger partial charge in [-0.3, -0.25) is 14.2 Å². The molecule has 0 aliphatic rings. The maximum Gasteiger partial charge on any atom is 0.348 e. The molecule has 11 nitrogen and oxygen atoms in total. The number of ether oxygens (including phenoxy) is 2. The van der Waals surface area contributed by atoms with E-state index in [-0.39, 0.29) is 41.1 Å². The van der Waals surface area contributed by atoms with Gasteiger partial charge in [0, 0.05) is 17.5 Å². The van der Waals surface area contributed by atoms with Crippen LogP contribution in [0.3, 0.4) is 0 Å². The van der Waals surface area contributed by atoms with Crippen molar-refractivity contribution < 1.29 is 23.9 Å². The minimum atomic E-state index is -0.673. The number of hydrogen-bond acceptors (Lipinski definition) is 9. The molecular formula is C25H31N5O6S. The third-order valence-electron chi connectivity index (χ3n) is 5.39. The molecule has 37 heavy (non-hydrogen) atoms. The zero-order valence-corrected chi connectivity index (χ0v) is 22.7. The van der Waals surface area contributed by atoms with Gasteiger partial charge in [0.1, 0.15) is 16.4 Å². The summed E-state index contributed by atoms with van der Waals surface area (Å²) >= 11 is 0.919. The molecular weight excluding hydrogens is 498 g/mol. The van der Waals surface area contributed by atoms with Crippen LogP contribution in [0.15, 0.2) is 16.9 Å². The number of rotatable bonds is 10. The summed E-state index contributed by atoms with van der Waals surface area (Å²) in [6.45, 7) is 10.5. The lowest BCUT2D eigenvalue weighted by molar-refractivity contribution is -0.116. The lowest BCUT2D eigenvalue weighted by atomic mass is 10.1. The van der Waals surface area contributed by atoms with Crippen LogP contribution in [-0.4, -0.2) is 50.4 Å². The molecule has 0 radical (unpaired) electrons. The lowest BCUT2D eigenvalue weighted by Crippen LogP contribution is -2.32. The summed E-state index contributed by atoms with van der Waals surface area (Å²) in [6, 6.07) is 3.25. The second kappa shape index (κ2) is 12.0. The topological polar surface area (TPSA) is 134 Å². The molecule has 0 bridgehead atoms. The zero-order valence-electron chi connectivity index (χ0n) is 21.8. The number of aryl methyl sites for hydroxylation is 3. The molecule has 12 heteroatoms. The number of thiophene rings is 1. The van der Waals surface area contributed by atoms with Gasteiger partial charge in [0.05, 0.1) is 24.5 Å². The first-order chi connectivity index (χ1) is 17.6. The smallest absolute Gasteiger partial charge is 0.348 e. The van der Waals surface area contributed by atoms with Gasteiger partial charge in [-0.15, -0.1) is 11.3 Å². The Morgan fingerprint density at radius 1 is 1.03 bits per heavy atom. The normalized spacial score (nSPS) is 10.9. The van der Waals surface area contributed by atoms with Gasteiger partial charge in [-0.2, -0.15) is 5.10 Å². The largest absolute Gasteiger partial charge is 0.462 e. The highest BCUT2D eigenvalue weighted by Gasteiger charge is 2.28. The Morgan fingerprint density at radius 3 is 2.30 bits per heavy atom. The van der Waals surface area contributed by atoms with Crippen LogP contribution in [0.4, 0.5) is 5.00 Å². The van der Waals surface area contributed by atoms with Gasteiger partial charge in [0.2, 0.25) is 11.9 Å². The molecule has 3 rings (SSSR count). The Kier molecular flexibility index (Phi) is 8.98. The number of anilines is 1. The van der Waals surface area contributed by atoms with Gasteiger partial charge in [-0.25, -0.2) is 19.3 Å². The van der Waals surface area contributed by atoms with Gasteiger partial charge in [0.25, 0.3) is 5.56 Å². The number of nitrogens with one attached hydrogen (secondary N) is 1. The molecule has 198 valence electrons. The van der Waals surface area contributed by atoms with Crippen LogP contribution in [0.1, 0.15) is 69.9 Å². The monoisotopic (exact) mass is 529 g/mol. The van der Waals surface area contributed by atoms with Gasteiger partial charge in [-0.1, -0.05) is 13.3 Å². The number of aromatic nitrogens is 4. The van der Waals surface area contributed by atoms with E-state index in [1.807, 2.05) is 26.8 Å². The van der Waals surface area contributed by atoms with E-state index in [2.05, 4.69) is 15.4 Å². The van der Waals surface area contributed by atoms with Crippen molar-refractivity contribution in [2.24, 2.45) is 0 Å². The van der Waals surface area contributed by atoms with Gasteiger partial charge in [0.15, 0.2) is 0 Å². The Balaban J connectivity index is 2.01. The highest BCUT2D eigenvalue weighted by Crippen LogP contribution is 2.34. The van der Waals surface area contributed by atoms with Crippen LogP contribution in [0.2, 0.25) is 0 Å². The van der Waals surface area contributed by atoms with Crippen molar-refractivity contribution in [3.05, 3.63) is 55.6 Å². The molecule has 0 aromatic carbocycles. The van der Waals surface area contributed by atoms with Crippen molar-refractivity contribution in [3.8, 4) is 5.95 Å². The maximum atomic E-state index is 13.2. The number of hydrogen-bond donors (Lipinski definition) is 1. The van der Waals surface area contributed by atoms with Gasteiger partial charge in [-0.05, 0) is 52.7 Å². The Bertz CT molecular complexity index is 1390. The van der Waals surface area contributed by atoms with E-state index in [1.165, 1.54) is 15.3 Å². The molecule has 1 amide bonds.